The summed E-state index contributed by atoms with van der Waals surface area (Å²) < 4.78 is 11.1. The van der Waals surface area contributed by atoms with Crippen LogP contribution >= 0.6 is 0 Å². The summed E-state index contributed by atoms with van der Waals surface area (Å²) in [6.45, 7) is 6.23. The molecule has 1 fully saturated rings. The van der Waals surface area contributed by atoms with Crippen LogP contribution in [0.5, 0.6) is 5.75 Å². The van der Waals surface area contributed by atoms with Gasteiger partial charge >= 0.3 is 6.03 Å². The van der Waals surface area contributed by atoms with Crippen molar-refractivity contribution in [1.29, 1.82) is 5.26 Å². The van der Waals surface area contributed by atoms with Gasteiger partial charge in [0.05, 0.1) is 30.0 Å². The van der Waals surface area contributed by atoms with Crippen LogP contribution in [0, 0.1) is 11.3 Å². The predicted molar refractivity (Wildman–Crippen MR) is 87.6 cm³/mol. The lowest BCUT2D eigenvalue weighted by molar-refractivity contribution is 0.0849. The predicted octanol–water partition coefficient (Wildman–Crippen LogP) is 2.99. The molecule has 0 aliphatic carbocycles. The summed E-state index contributed by atoms with van der Waals surface area (Å²) in [7, 11) is 0. The number of nitrogens with zero attached hydrogens (tertiary/aromatic N) is 2. The molecule has 1 heterocycles. The molecule has 1 atom stereocenters. The van der Waals surface area contributed by atoms with Crippen molar-refractivity contribution in [3.63, 3.8) is 0 Å². The summed E-state index contributed by atoms with van der Waals surface area (Å²) >= 11 is 0. The molecule has 0 spiro atoms. The van der Waals surface area contributed by atoms with Gasteiger partial charge < -0.3 is 19.7 Å². The number of carbonyl (C=O) groups excluding carboxylic acids is 1. The maximum atomic E-state index is 12.5. The van der Waals surface area contributed by atoms with Crippen molar-refractivity contribution < 1.29 is 14.3 Å². The van der Waals surface area contributed by atoms with Crippen molar-refractivity contribution in [2.24, 2.45) is 0 Å². The Morgan fingerprint density at radius 1 is 1.52 bits per heavy atom. The van der Waals surface area contributed by atoms with E-state index in [1.165, 1.54) is 0 Å². The van der Waals surface area contributed by atoms with Crippen LogP contribution in [-0.2, 0) is 4.74 Å². The Bertz CT molecular complexity index is 577. The third-order valence-electron chi connectivity index (χ3n) is 3.77. The molecule has 1 saturated heterocycles. The quantitative estimate of drug-likeness (QED) is 0.875. The maximum absolute atomic E-state index is 12.5. The van der Waals surface area contributed by atoms with E-state index in [-0.39, 0.29) is 12.1 Å². The van der Waals surface area contributed by atoms with Gasteiger partial charge in [0.15, 0.2) is 0 Å². The number of anilines is 1. The number of benzene rings is 1. The molecule has 23 heavy (non-hydrogen) atoms. The van der Waals surface area contributed by atoms with Crippen molar-refractivity contribution in [2.75, 3.05) is 31.6 Å². The molecule has 0 saturated carbocycles. The average molecular weight is 317 g/mol. The lowest BCUT2D eigenvalue weighted by atomic mass is 10.2. The fourth-order valence-electron chi connectivity index (χ4n) is 2.56. The molecule has 6 heteroatoms. The topological polar surface area (TPSA) is 74.6 Å². The molecule has 0 unspecified atom stereocenters. The summed E-state index contributed by atoms with van der Waals surface area (Å²) in [5, 5.41) is 11.9. The average Bonchev–Trinajstić information content (AvgIpc) is 3.07. The second-order valence-electron chi connectivity index (χ2n) is 5.36. The normalized spacial score (nSPS) is 16.7. The van der Waals surface area contributed by atoms with Crippen molar-refractivity contribution >= 4 is 11.7 Å². The summed E-state index contributed by atoms with van der Waals surface area (Å²) in [4.78, 5) is 14.2. The second-order valence-corrected chi connectivity index (χ2v) is 5.36. The van der Waals surface area contributed by atoms with E-state index in [1.807, 2.05) is 13.8 Å². The van der Waals surface area contributed by atoms with Crippen LogP contribution in [-0.4, -0.2) is 43.3 Å². The summed E-state index contributed by atoms with van der Waals surface area (Å²) in [5.74, 6) is 0.563. The number of urea groups is 1. The molecule has 124 valence electrons. The molecule has 1 aromatic carbocycles. The number of likely N-dealkylation sites (N-methyl/N-ethyl adjacent to an activating group) is 1. The summed E-state index contributed by atoms with van der Waals surface area (Å²) in [6, 6.07) is 6.86. The lowest BCUT2D eigenvalue weighted by Gasteiger charge is -2.24. The highest BCUT2D eigenvalue weighted by atomic mass is 16.5. The monoisotopic (exact) mass is 317 g/mol. The fraction of sp³-hybridized carbons (Fsp3) is 0.529. The van der Waals surface area contributed by atoms with E-state index in [4.69, 9.17) is 14.7 Å². The molecule has 2 amide bonds. The van der Waals surface area contributed by atoms with Gasteiger partial charge in [0.1, 0.15) is 5.75 Å². The zero-order valence-electron chi connectivity index (χ0n) is 13.7. The number of nitrogens with one attached hydrogen (secondary N) is 1. The van der Waals surface area contributed by atoms with E-state index in [9.17, 15) is 4.79 Å². The Labute approximate surface area is 137 Å². The number of carbonyl (C=O) groups is 1. The molecule has 0 bridgehead atoms. The van der Waals surface area contributed by atoms with Crippen LogP contribution in [0.15, 0.2) is 18.2 Å². The molecule has 1 aliphatic heterocycles. The number of hydrogen-bond donors (Lipinski definition) is 1. The van der Waals surface area contributed by atoms with Crippen LogP contribution < -0.4 is 10.1 Å². The van der Waals surface area contributed by atoms with Crippen LogP contribution in [0.4, 0.5) is 10.5 Å². The molecule has 2 rings (SSSR count). The number of hydrogen-bond acceptors (Lipinski definition) is 4. The van der Waals surface area contributed by atoms with E-state index in [2.05, 4.69) is 11.4 Å². The van der Waals surface area contributed by atoms with Gasteiger partial charge in [0, 0.05) is 19.7 Å². The first kappa shape index (κ1) is 17.1. The Kier molecular flexibility index (Phi) is 6.24. The first-order valence-electron chi connectivity index (χ1n) is 8.02. The highest BCUT2D eigenvalue weighted by Gasteiger charge is 2.22. The first-order chi connectivity index (χ1) is 11.2. The maximum Gasteiger partial charge on any atom is 0.322 e. The van der Waals surface area contributed by atoms with E-state index < -0.39 is 0 Å². The van der Waals surface area contributed by atoms with E-state index in [0.717, 1.165) is 19.4 Å². The van der Waals surface area contributed by atoms with Gasteiger partial charge in [0.2, 0.25) is 0 Å². The number of nitriles is 1. The first-order valence-corrected chi connectivity index (χ1v) is 8.02. The smallest absolute Gasteiger partial charge is 0.322 e. The minimum Gasteiger partial charge on any atom is -0.492 e. The summed E-state index contributed by atoms with van der Waals surface area (Å²) in [5.41, 5.74) is 0.993. The lowest BCUT2D eigenvalue weighted by Crippen LogP contribution is -2.40. The van der Waals surface area contributed by atoms with Crippen molar-refractivity contribution in [3.8, 4) is 11.8 Å². The third kappa shape index (κ3) is 4.60. The number of amides is 2. The SMILES string of the molecule is CCOc1ccc(C#N)cc1NC(=O)N(CC)C[C@@H]1CCCO1. The van der Waals surface area contributed by atoms with Crippen molar-refractivity contribution in [3.05, 3.63) is 23.8 Å². The number of ether oxygens (including phenoxy) is 2. The highest BCUT2D eigenvalue weighted by molar-refractivity contribution is 5.91. The zero-order valence-corrected chi connectivity index (χ0v) is 13.7. The Morgan fingerprint density at radius 3 is 2.96 bits per heavy atom. The molecule has 1 N–H and O–H groups in total. The second kappa shape index (κ2) is 8.39. The molecular formula is C17H23N3O3. The van der Waals surface area contributed by atoms with E-state index in [0.29, 0.717) is 36.7 Å². The van der Waals surface area contributed by atoms with E-state index in [1.54, 1.807) is 23.1 Å². The molecule has 1 aliphatic rings. The zero-order chi connectivity index (χ0) is 16.7. The van der Waals surface area contributed by atoms with Gasteiger partial charge in [0.25, 0.3) is 0 Å². The molecule has 0 radical (unpaired) electrons. The van der Waals surface area contributed by atoms with Crippen LogP contribution in [0.2, 0.25) is 0 Å². The minimum atomic E-state index is -0.209. The van der Waals surface area contributed by atoms with Gasteiger partial charge in [-0.05, 0) is 44.9 Å². The standard InChI is InChI=1S/C17H23N3O3/c1-3-20(12-14-6-5-9-23-14)17(21)19-15-10-13(11-18)7-8-16(15)22-4-2/h7-8,10,14H,3-6,9,12H2,1-2H3,(H,19,21)/t14-/m0/s1. The Balaban J connectivity index is 2.08. The van der Waals surface area contributed by atoms with Gasteiger partial charge in [-0.25, -0.2) is 4.79 Å². The van der Waals surface area contributed by atoms with Crippen molar-refractivity contribution in [1.82, 2.24) is 4.90 Å². The van der Waals surface area contributed by atoms with Gasteiger partial charge in [-0.2, -0.15) is 5.26 Å². The Hall–Kier alpha value is -2.26. The fourth-order valence-corrected chi connectivity index (χ4v) is 2.56. The van der Waals surface area contributed by atoms with Gasteiger partial charge in [-0.3, -0.25) is 0 Å². The van der Waals surface area contributed by atoms with Crippen LogP contribution in [0.25, 0.3) is 0 Å². The van der Waals surface area contributed by atoms with Crippen molar-refractivity contribution in [2.45, 2.75) is 32.8 Å². The minimum absolute atomic E-state index is 0.109. The Morgan fingerprint density at radius 2 is 2.35 bits per heavy atom. The van der Waals surface area contributed by atoms with Gasteiger partial charge in [-0.1, -0.05) is 0 Å². The summed E-state index contributed by atoms with van der Waals surface area (Å²) in [6.07, 6.45) is 2.14. The van der Waals surface area contributed by atoms with Gasteiger partial charge in [-0.15, -0.1) is 0 Å². The van der Waals surface area contributed by atoms with Crippen LogP contribution in [0.3, 0.4) is 0 Å². The molecular weight excluding hydrogens is 294 g/mol. The molecule has 1 aromatic rings. The van der Waals surface area contributed by atoms with E-state index >= 15 is 0 Å². The van der Waals surface area contributed by atoms with Crippen LogP contribution in [0.1, 0.15) is 32.3 Å². The third-order valence-corrected chi connectivity index (χ3v) is 3.77. The molecule has 6 nitrogen and oxygen atoms in total. The number of rotatable bonds is 6. The highest BCUT2D eigenvalue weighted by Crippen LogP contribution is 2.26. The largest absolute Gasteiger partial charge is 0.492 e. The molecule has 0 aromatic heterocycles.